The van der Waals surface area contributed by atoms with E-state index >= 15 is 0 Å². The van der Waals surface area contributed by atoms with E-state index < -0.39 is 0 Å². The molecule has 4 heteroatoms. The van der Waals surface area contributed by atoms with E-state index in [9.17, 15) is 0 Å². The normalized spacial score (nSPS) is 10.9. The van der Waals surface area contributed by atoms with E-state index in [4.69, 9.17) is 5.73 Å². The lowest BCUT2D eigenvalue weighted by molar-refractivity contribution is 1.14. The van der Waals surface area contributed by atoms with Gasteiger partial charge in [-0.3, -0.25) is 0 Å². The molecule has 0 saturated heterocycles. The Morgan fingerprint density at radius 2 is 2.06 bits per heavy atom. The third kappa shape index (κ3) is 2.21. The second kappa shape index (κ2) is 5.00. The summed E-state index contributed by atoms with van der Waals surface area (Å²) in [5, 5.41) is 4.47. The summed E-state index contributed by atoms with van der Waals surface area (Å²) >= 11 is 3.48. The highest BCUT2D eigenvalue weighted by molar-refractivity contribution is 7.98. The summed E-state index contributed by atoms with van der Waals surface area (Å²) in [5.74, 6) is 0.908. The smallest absolute Gasteiger partial charge is 0.119 e. The van der Waals surface area contributed by atoms with Gasteiger partial charge in [-0.2, -0.15) is 0 Å². The lowest BCUT2D eigenvalue weighted by Crippen LogP contribution is -1.90. The van der Waals surface area contributed by atoms with Crippen molar-refractivity contribution in [2.45, 2.75) is 10.8 Å². The van der Waals surface area contributed by atoms with Gasteiger partial charge in [0.2, 0.25) is 0 Å². The van der Waals surface area contributed by atoms with Crippen LogP contribution in [0.4, 0.5) is 5.69 Å². The van der Waals surface area contributed by atoms with Gasteiger partial charge in [0.25, 0.3) is 0 Å². The summed E-state index contributed by atoms with van der Waals surface area (Å²) in [4.78, 5) is 4.30. The van der Waals surface area contributed by atoms with Crippen LogP contribution in [0.1, 0.15) is 5.56 Å². The molecule has 1 aromatic carbocycles. The minimum Gasteiger partial charge on any atom is -0.397 e. The predicted octanol–water partition coefficient (Wildman–Crippen LogP) is 4.17. The van der Waals surface area contributed by atoms with Gasteiger partial charge in [0.15, 0.2) is 0 Å². The zero-order chi connectivity index (χ0) is 12.4. The van der Waals surface area contributed by atoms with Crippen LogP contribution in [-0.4, -0.2) is 4.98 Å². The minimum atomic E-state index is 0.752. The van der Waals surface area contributed by atoms with Gasteiger partial charge in [-0.1, -0.05) is 30.0 Å². The maximum atomic E-state index is 5.89. The Labute approximate surface area is 114 Å². The van der Waals surface area contributed by atoms with Crippen molar-refractivity contribution >= 4 is 38.9 Å². The number of aromatic nitrogens is 1. The third-order valence-corrected chi connectivity index (χ3v) is 4.81. The van der Waals surface area contributed by atoms with Crippen LogP contribution in [0.3, 0.4) is 0 Å². The number of hydrogen-bond donors (Lipinski definition) is 1. The van der Waals surface area contributed by atoms with Crippen LogP contribution in [0, 0.1) is 0 Å². The van der Waals surface area contributed by atoms with E-state index in [-0.39, 0.29) is 0 Å². The van der Waals surface area contributed by atoms with Crippen molar-refractivity contribution in [3.05, 3.63) is 53.5 Å². The first-order valence-electron chi connectivity index (χ1n) is 5.63. The number of anilines is 1. The molecule has 0 spiro atoms. The van der Waals surface area contributed by atoms with Gasteiger partial charge in [-0.25, -0.2) is 4.98 Å². The molecule has 0 unspecified atom stereocenters. The molecule has 0 amide bonds. The molecule has 2 aromatic heterocycles. The molecule has 0 radical (unpaired) electrons. The van der Waals surface area contributed by atoms with Gasteiger partial charge in [0.1, 0.15) is 5.03 Å². The Hall–Kier alpha value is -1.52. The molecule has 0 aliphatic rings. The molecule has 2 nitrogen and oxygen atoms in total. The first kappa shape index (κ1) is 11.6. The fraction of sp³-hybridized carbons (Fsp3) is 0.0714. The van der Waals surface area contributed by atoms with Crippen LogP contribution >= 0.6 is 23.1 Å². The van der Waals surface area contributed by atoms with Crippen molar-refractivity contribution in [1.29, 1.82) is 0 Å². The summed E-state index contributed by atoms with van der Waals surface area (Å²) in [7, 11) is 0. The monoisotopic (exact) mass is 272 g/mol. The largest absolute Gasteiger partial charge is 0.397 e. The number of thioether (sulfide) groups is 1. The van der Waals surface area contributed by atoms with Gasteiger partial charge in [-0.15, -0.1) is 11.3 Å². The van der Waals surface area contributed by atoms with E-state index in [0.29, 0.717) is 0 Å². The maximum absolute atomic E-state index is 5.89. The quantitative estimate of drug-likeness (QED) is 0.727. The molecule has 18 heavy (non-hydrogen) atoms. The number of rotatable bonds is 3. The molecule has 90 valence electrons. The molecule has 2 heterocycles. The van der Waals surface area contributed by atoms with Crippen LogP contribution in [0.2, 0.25) is 0 Å². The van der Waals surface area contributed by atoms with Gasteiger partial charge in [0, 0.05) is 16.6 Å². The number of fused-ring (bicyclic) bond motifs is 1. The molecule has 2 N–H and O–H groups in total. The first-order chi connectivity index (χ1) is 8.84. The zero-order valence-electron chi connectivity index (χ0n) is 9.67. The number of nitrogens with two attached hydrogens (primary N) is 1. The van der Waals surface area contributed by atoms with Crippen molar-refractivity contribution < 1.29 is 0 Å². The Kier molecular flexibility index (Phi) is 3.21. The van der Waals surface area contributed by atoms with E-state index in [1.807, 2.05) is 12.1 Å². The summed E-state index contributed by atoms with van der Waals surface area (Å²) in [5.41, 5.74) is 8.00. The SMILES string of the molecule is Nc1cccnc1SCc1csc2ccccc12. The lowest BCUT2D eigenvalue weighted by Gasteiger charge is -2.03. The van der Waals surface area contributed by atoms with E-state index in [1.54, 1.807) is 29.3 Å². The highest BCUT2D eigenvalue weighted by atomic mass is 32.2. The van der Waals surface area contributed by atoms with E-state index in [1.165, 1.54) is 15.6 Å². The lowest BCUT2D eigenvalue weighted by atomic mass is 10.2. The second-order valence-corrected chi connectivity index (χ2v) is 5.82. The first-order valence-corrected chi connectivity index (χ1v) is 7.49. The Balaban J connectivity index is 1.83. The molecular weight excluding hydrogens is 260 g/mol. The molecule has 0 aliphatic carbocycles. The highest BCUT2D eigenvalue weighted by Crippen LogP contribution is 2.32. The molecule has 0 fully saturated rings. The van der Waals surface area contributed by atoms with Crippen molar-refractivity contribution in [3.8, 4) is 0 Å². The Morgan fingerprint density at radius 3 is 2.94 bits per heavy atom. The van der Waals surface area contributed by atoms with Crippen LogP contribution in [0.5, 0.6) is 0 Å². The average Bonchev–Trinajstić information content (AvgIpc) is 2.81. The number of pyridine rings is 1. The van der Waals surface area contributed by atoms with Crippen molar-refractivity contribution in [3.63, 3.8) is 0 Å². The highest BCUT2D eigenvalue weighted by Gasteiger charge is 2.06. The molecule has 3 aromatic rings. The van der Waals surface area contributed by atoms with Crippen LogP contribution in [-0.2, 0) is 5.75 Å². The Morgan fingerprint density at radius 1 is 1.17 bits per heavy atom. The number of thiophene rings is 1. The zero-order valence-corrected chi connectivity index (χ0v) is 11.3. The van der Waals surface area contributed by atoms with Gasteiger partial charge < -0.3 is 5.73 Å². The number of nitrogen functional groups attached to an aromatic ring is 1. The summed E-state index contributed by atoms with van der Waals surface area (Å²) in [6.45, 7) is 0. The van der Waals surface area contributed by atoms with Gasteiger partial charge >= 0.3 is 0 Å². The molecular formula is C14H12N2S2. The predicted molar refractivity (Wildman–Crippen MR) is 80.0 cm³/mol. The Bertz CT molecular complexity index is 676. The van der Waals surface area contributed by atoms with Crippen LogP contribution in [0.15, 0.2) is 53.0 Å². The van der Waals surface area contributed by atoms with Crippen LogP contribution < -0.4 is 5.73 Å². The van der Waals surface area contributed by atoms with Crippen molar-refractivity contribution in [2.75, 3.05) is 5.73 Å². The molecule has 0 aliphatic heterocycles. The fourth-order valence-corrected chi connectivity index (χ4v) is 3.78. The molecule has 0 saturated carbocycles. The number of nitrogens with zero attached hydrogens (tertiary/aromatic N) is 1. The third-order valence-electron chi connectivity index (χ3n) is 2.73. The van der Waals surface area contributed by atoms with Crippen LogP contribution in [0.25, 0.3) is 10.1 Å². The summed E-state index contributed by atoms with van der Waals surface area (Å²) in [6, 6.07) is 12.2. The van der Waals surface area contributed by atoms with Crippen molar-refractivity contribution in [1.82, 2.24) is 4.98 Å². The fourth-order valence-electron chi connectivity index (χ4n) is 1.81. The summed E-state index contributed by atoms with van der Waals surface area (Å²) < 4.78 is 1.34. The second-order valence-electron chi connectivity index (χ2n) is 3.94. The molecule has 0 bridgehead atoms. The topological polar surface area (TPSA) is 38.9 Å². The maximum Gasteiger partial charge on any atom is 0.119 e. The molecule has 3 rings (SSSR count). The minimum absolute atomic E-state index is 0.752. The van der Waals surface area contributed by atoms with Gasteiger partial charge in [0.05, 0.1) is 5.69 Å². The standard InChI is InChI=1S/C14H12N2S2/c15-12-5-3-7-16-14(12)18-9-10-8-17-13-6-2-1-4-11(10)13/h1-8H,9,15H2. The molecule has 0 atom stereocenters. The van der Waals surface area contributed by atoms with Gasteiger partial charge in [-0.05, 0) is 34.5 Å². The van der Waals surface area contributed by atoms with E-state index in [0.717, 1.165) is 16.5 Å². The number of hydrogen-bond acceptors (Lipinski definition) is 4. The van der Waals surface area contributed by atoms with Crippen molar-refractivity contribution in [2.24, 2.45) is 0 Å². The number of benzene rings is 1. The summed E-state index contributed by atoms with van der Waals surface area (Å²) in [6.07, 6.45) is 1.78. The average molecular weight is 272 g/mol. The van der Waals surface area contributed by atoms with E-state index in [2.05, 4.69) is 34.6 Å².